The van der Waals surface area contributed by atoms with Crippen molar-refractivity contribution in [3.05, 3.63) is 29.5 Å². The van der Waals surface area contributed by atoms with Crippen LogP contribution in [0.1, 0.15) is 0 Å². The summed E-state index contributed by atoms with van der Waals surface area (Å²) in [6, 6.07) is 5.50. The van der Waals surface area contributed by atoms with Gasteiger partial charge in [-0.2, -0.15) is 5.10 Å². The molecule has 1 aromatic carbocycles. The van der Waals surface area contributed by atoms with E-state index in [1.807, 2.05) is 18.2 Å². The molecule has 0 unspecified atom stereocenters. The van der Waals surface area contributed by atoms with Crippen molar-refractivity contribution in [1.29, 1.82) is 0 Å². The molecule has 86 valence electrons. The predicted octanol–water partition coefficient (Wildman–Crippen LogP) is 1.96. The Hall–Kier alpha value is -1.88. The highest BCUT2D eigenvalue weighted by Gasteiger charge is 2.13. The maximum absolute atomic E-state index is 5.77. The summed E-state index contributed by atoms with van der Waals surface area (Å²) in [6.07, 6.45) is 1.39. The largest absolute Gasteiger partial charge is 0.486 e. The lowest BCUT2D eigenvalue weighted by molar-refractivity contribution is 0.171. The molecule has 0 atom stereocenters. The lowest BCUT2D eigenvalue weighted by atomic mass is 10.2. The zero-order chi connectivity index (χ0) is 11.7. The third kappa shape index (κ3) is 2.01. The van der Waals surface area contributed by atoms with Gasteiger partial charge in [-0.3, -0.25) is 0 Å². The van der Waals surface area contributed by atoms with Crippen LogP contribution in [0, 0.1) is 0 Å². The summed E-state index contributed by atoms with van der Waals surface area (Å²) in [6.45, 7) is 1.12. The average molecular weight is 250 g/mol. The Morgan fingerprint density at radius 1 is 1.12 bits per heavy atom. The van der Waals surface area contributed by atoms with Gasteiger partial charge in [0.25, 0.3) is 0 Å². The molecule has 0 amide bonds. The van der Waals surface area contributed by atoms with Crippen LogP contribution in [0.5, 0.6) is 11.5 Å². The van der Waals surface area contributed by atoms with Crippen molar-refractivity contribution >= 4 is 11.6 Å². The predicted molar refractivity (Wildman–Crippen MR) is 61.3 cm³/mol. The molecular weight excluding hydrogens is 242 g/mol. The van der Waals surface area contributed by atoms with Crippen LogP contribution in [-0.2, 0) is 0 Å². The average Bonchev–Trinajstić information content (AvgIpc) is 2.38. The van der Waals surface area contributed by atoms with Crippen molar-refractivity contribution in [1.82, 2.24) is 15.2 Å². The fraction of sp³-hybridized carbons (Fsp3) is 0.182. The third-order valence-corrected chi connectivity index (χ3v) is 2.51. The van der Waals surface area contributed by atoms with E-state index in [1.54, 1.807) is 0 Å². The number of hydrogen-bond acceptors (Lipinski definition) is 5. The highest BCUT2D eigenvalue weighted by molar-refractivity contribution is 6.29. The summed E-state index contributed by atoms with van der Waals surface area (Å²) in [5.74, 6) is 1.89. The van der Waals surface area contributed by atoms with Crippen LogP contribution in [0.25, 0.3) is 11.4 Å². The number of ether oxygens (including phenoxy) is 2. The molecule has 3 rings (SSSR count). The fourth-order valence-electron chi connectivity index (χ4n) is 1.59. The lowest BCUT2D eigenvalue weighted by Gasteiger charge is -2.18. The van der Waals surface area contributed by atoms with Crippen LogP contribution in [-0.4, -0.2) is 28.4 Å². The summed E-state index contributed by atoms with van der Waals surface area (Å²) in [5.41, 5.74) is 0.796. The molecule has 1 aromatic heterocycles. The molecule has 17 heavy (non-hydrogen) atoms. The van der Waals surface area contributed by atoms with Crippen LogP contribution in [0.3, 0.4) is 0 Å². The lowest BCUT2D eigenvalue weighted by Crippen LogP contribution is -2.15. The molecule has 0 saturated heterocycles. The van der Waals surface area contributed by atoms with E-state index in [4.69, 9.17) is 21.1 Å². The molecule has 0 bridgehead atoms. The molecule has 0 fully saturated rings. The first-order valence-electron chi connectivity index (χ1n) is 5.08. The Kier molecular flexibility index (Phi) is 2.53. The minimum Gasteiger partial charge on any atom is -0.486 e. The maximum Gasteiger partial charge on any atom is 0.183 e. The highest BCUT2D eigenvalue weighted by Crippen LogP contribution is 2.33. The summed E-state index contributed by atoms with van der Waals surface area (Å²) < 4.78 is 10.9. The molecule has 0 saturated carbocycles. The molecule has 1 aliphatic heterocycles. The van der Waals surface area contributed by atoms with Crippen molar-refractivity contribution in [2.24, 2.45) is 0 Å². The first kappa shape index (κ1) is 10.3. The van der Waals surface area contributed by atoms with Crippen molar-refractivity contribution < 1.29 is 9.47 Å². The summed E-state index contributed by atoms with van der Waals surface area (Å²) >= 11 is 5.77. The Bertz CT molecular complexity index is 562. The first-order chi connectivity index (χ1) is 8.33. The van der Waals surface area contributed by atoms with E-state index in [0.29, 0.717) is 29.9 Å². The minimum atomic E-state index is 0.310. The van der Waals surface area contributed by atoms with E-state index < -0.39 is 0 Å². The molecule has 0 N–H and O–H groups in total. The molecule has 2 aromatic rings. The van der Waals surface area contributed by atoms with Crippen molar-refractivity contribution in [3.63, 3.8) is 0 Å². The molecular formula is C11H8ClN3O2. The Morgan fingerprint density at radius 2 is 1.94 bits per heavy atom. The number of fused-ring (bicyclic) bond motifs is 1. The van der Waals surface area contributed by atoms with Gasteiger partial charge in [0, 0.05) is 5.56 Å². The van der Waals surface area contributed by atoms with E-state index >= 15 is 0 Å². The standard InChI is InChI=1S/C11H8ClN3O2/c12-10-6-13-15-11(14-10)7-1-2-8-9(5-7)17-4-3-16-8/h1-2,5-6H,3-4H2. The van der Waals surface area contributed by atoms with Gasteiger partial charge in [0.2, 0.25) is 0 Å². The Labute approximate surface area is 102 Å². The van der Waals surface area contributed by atoms with Gasteiger partial charge in [0.05, 0.1) is 6.20 Å². The van der Waals surface area contributed by atoms with Gasteiger partial charge < -0.3 is 9.47 Å². The number of benzene rings is 1. The van der Waals surface area contributed by atoms with Crippen LogP contribution < -0.4 is 9.47 Å². The number of rotatable bonds is 1. The zero-order valence-corrected chi connectivity index (χ0v) is 9.52. The second-order valence-corrected chi connectivity index (χ2v) is 3.85. The molecule has 6 heteroatoms. The van der Waals surface area contributed by atoms with E-state index in [0.717, 1.165) is 11.3 Å². The molecule has 0 spiro atoms. The van der Waals surface area contributed by atoms with Crippen LogP contribution in [0.2, 0.25) is 5.15 Å². The smallest absolute Gasteiger partial charge is 0.183 e. The van der Waals surface area contributed by atoms with Crippen LogP contribution >= 0.6 is 11.6 Å². The number of halogens is 1. The number of nitrogens with zero attached hydrogens (tertiary/aromatic N) is 3. The summed E-state index contributed by atoms with van der Waals surface area (Å²) in [7, 11) is 0. The second-order valence-electron chi connectivity index (χ2n) is 3.46. The van der Waals surface area contributed by atoms with Crippen LogP contribution in [0.15, 0.2) is 24.4 Å². The zero-order valence-electron chi connectivity index (χ0n) is 8.76. The van der Waals surface area contributed by atoms with E-state index in [9.17, 15) is 0 Å². The van der Waals surface area contributed by atoms with Gasteiger partial charge >= 0.3 is 0 Å². The topological polar surface area (TPSA) is 57.1 Å². The number of aromatic nitrogens is 3. The van der Waals surface area contributed by atoms with Gasteiger partial charge in [-0.25, -0.2) is 4.98 Å². The van der Waals surface area contributed by atoms with E-state index in [-0.39, 0.29) is 0 Å². The molecule has 1 aliphatic rings. The normalized spacial score (nSPS) is 13.5. The van der Waals surface area contributed by atoms with Crippen LogP contribution in [0.4, 0.5) is 0 Å². The summed E-state index contributed by atoms with van der Waals surface area (Å²) in [5, 5.41) is 7.98. The Morgan fingerprint density at radius 3 is 2.76 bits per heavy atom. The van der Waals surface area contributed by atoms with Crippen molar-refractivity contribution in [2.75, 3.05) is 13.2 Å². The van der Waals surface area contributed by atoms with E-state index in [2.05, 4.69) is 15.2 Å². The van der Waals surface area contributed by atoms with Gasteiger partial charge in [0.15, 0.2) is 22.5 Å². The van der Waals surface area contributed by atoms with Crippen molar-refractivity contribution in [2.45, 2.75) is 0 Å². The van der Waals surface area contributed by atoms with Gasteiger partial charge in [-0.15, -0.1) is 5.10 Å². The quantitative estimate of drug-likeness (QED) is 0.773. The fourth-order valence-corrected chi connectivity index (χ4v) is 1.71. The molecule has 0 aliphatic carbocycles. The second kappa shape index (κ2) is 4.18. The Balaban J connectivity index is 2.04. The first-order valence-corrected chi connectivity index (χ1v) is 5.46. The van der Waals surface area contributed by atoms with Gasteiger partial charge in [-0.05, 0) is 18.2 Å². The molecule has 2 heterocycles. The summed E-state index contributed by atoms with van der Waals surface area (Å²) in [4.78, 5) is 4.09. The van der Waals surface area contributed by atoms with Gasteiger partial charge in [0.1, 0.15) is 13.2 Å². The van der Waals surface area contributed by atoms with Crippen molar-refractivity contribution in [3.8, 4) is 22.9 Å². The van der Waals surface area contributed by atoms with E-state index in [1.165, 1.54) is 6.20 Å². The molecule has 5 nitrogen and oxygen atoms in total. The third-order valence-electron chi connectivity index (χ3n) is 2.33. The van der Waals surface area contributed by atoms with Gasteiger partial charge in [-0.1, -0.05) is 11.6 Å². The maximum atomic E-state index is 5.77. The monoisotopic (exact) mass is 249 g/mol. The molecule has 0 radical (unpaired) electrons. The SMILES string of the molecule is Clc1cnnc(-c2ccc3c(c2)OCCO3)n1. The minimum absolute atomic E-state index is 0.310. The highest BCUT2D eigenvalue weighted by atomic mass is 35.5. The number of hydrogen-bond donors (Lipinski definition) is 0.